The van der Waals surface area contributed by atoms with Gasteiger partial charge in [0.15, 0.2) is 0 Å². The van der Waals surface area contributed by atoms with E-state index in [2.05, 4.69) is 0 Å². The number of carbonyl (C=O) groups excluding carboxylic acids is 3. The monoisotopic (exact) mass is 322 g/mol. The molecule has 0 aliphatic carbocycles. The van der Waals surface area contributed by atoms with Gasteiger partial charge < -0.3 is 29.7 Å². The van der Waals surface area contributed by atoms with Crippen LogP contribution < -0.4 is 15.3 Å². The van der Waals surface area contributed by atoms with Crippen molar-refractivity contribution >= 4 is 17.9 Å². The fourth-order valence-electron chi connectivity index (χ4n) is 0. The molecule has 74 valence electrons. The Morgan fingerprint density at radius 3 is 0.692 bits per heavy atom. The van der Waals surface area contributed by atoms with E-state index in [1.807, 2.05) is 0 Å². The average Bonchev–Trinajstić information content (AvgIpc) is 1.54. The molecule has 0 aliphatic rings. The van der Waals surface area contributed by atoms with Crippen molar-refractivity contribution < 1.29 is 70.1 Å². The molecule has 0 bridgehead atoms. The second kappa shape index (κ2) is 17.7. The van der Waals surface area contributed by atoms with E-state index in [1.165, 1.54) is 0 Å². The Labute approximate surface area is 108 Å². The number of rotatable bonds is 0. The maximum absolute atomic E-state index is 8.89. The molecule has 7 heteroatoms. The number of carboxylic acids is 3. The molecule has 0 aromatic rings. The molecule has 0 saturated heterocycles. The molecule has 6 nitrogen and oxygen atoms in total. The molecule has 0 saturated carbocycles. The third-order valence-electron chi connectivity index (χ3n) is 0. The third-order valence-corrected chi connectivity index (χ3v) is 0. The van der Waals surface area contributed by atoms with Gasteiger partial charge in [0.05, 0.1) is 0 Å². The first-order valence-electron chi connectivity index (χ1n) is 2.72. The summed E-state index contributed by atoms with van der Waals surface area (Å²) in [5.74, 6) is -3.25. The van der Waals surface area contributed by atoms with Crippen LogP contribution in [0.5, 0.6) is 0 Å². The third kappa shape index (κ3) is 17500. The van der Waals surface area contributed by atoms with E-state index in [1.54, 1.807) is 0 Å². The SMILES string of the molecule is CC(=O)[O-].CC(=O)[O-].CC(=O)[O-].[Pm+3]. The van der Waals surface area contributed by atoms with Gasteiger partial charge in [-0.2, -0.15) is 0 Å². The molecule has 0 fully saturated rings. The Bertz CT molecular complexity index is 115. The van der Waals surface area contributed by atoms with Crippen molar-refractivity contribution in [3.63, 3.8) is 0 Å². The van der Waals surface area contributed by atoms with Crippen LogP contribution >= 0.6 is 0 Å². The van der Waals surface area contributed by atoms with Crippen molar-refractivity contribution in [2.45, 2.75) is 20.8 Å². The largest absolute Gasteiger partial charge is 3.00 e. The van der Waals surface area contributed by atoms with Crippen LogP contribution in [0.2, 0.25) is 0 Å². The minimum absolute atomic E-state index is 0. The van der Waals surface area contributed by atoms with Crippen LogP contribution in [-0.4, -0.2) is 17.9 Å². The second-order valence-electron chi connectivity index (χ2n) is 1.47. The molecule has 0 aromatic carbocycles. The minimum Gasteiger partial charge on any atom is -0.550 e. The van der Waals surface area contributed by atoms with Gasteiger partial charge in [-0.05, 0) is 20.8 Å². The van der Waals surface area contributed by atoms with Crippen molar-refractivity contribution in [3.05, 3.63) is 0 Å². The van der Waals surface area contributed by atoms with Crippen LogP contribution in [-0.2, 0) is 14.4 Å². The van der Waals surface area contributed by atoms with Gasteiger partial charge in [-0.1, -0.05) is 0 Å². The maximum atomic E-state index is 8.89. The van der Waals surface area contributed by atoms with Gasteiger partial charge in [-0.3, -0.25) is 0 Å². The van der Waals surface area contributed by atoms with Gasteiger partial charge in [0.2, 0.25) is 0 Å². The van der Waals surface area contributed by atoms with Gasteiger partial charge in [-0.25, -0.2) is 0 Å². The van der Waals surface area contributed by atoms with Crippen molar-refractivity contribution in [3.8, 4) is 0 Å². The van der Waals surface area contributed by atoms with E-state index in [9.17, 15) is 0 Å². The molecule has 0 atom stereocenters. The van der Waals surface area contributed by atoms with Crippen LogP contribution in [0.25, 0.3) is 0 Å². The summed E-state index contributed by atoms with van der Waals surface area (Å²) in [5.41, 5.74) is 0. The average molecular weight is 322 g/mol. The van der Waals surface area contributed by atoms with Gasteiger partial charge in [0.25, 0.3) is 0 Å². The number of hydrogen-bond acceptors (Lipinski definition) is 6. The summed E-state index contributed by atoms with van der Waals surface area (Å²) in [5, 5.41) is 26.7. The van der Waals surface area contributed by atoms with Gasteiger partial charge >= 0.3 is 40.4 Å². The summed E-state index contributed by atoms with van der Waals surface area (Å²) in [6, 6.07) is 0. The van der Waals surface area contributed by atoms with E-state index in [0.29, 0.717) is 0 Å². The molecule has 13 heavy (non-hydrogen) atoms. The molecule has 0 unspecified atom stereocenters. The van der Waals surface area contributed by atoms with E-state index in [0.717, 1.165) is 20.8 Å². The summed E-state index contributed by atoms with van der Waals surface area (Å²) in [6.45, 7) is 2.92. The Morgan fingerprint density at radius 1 is 0.692 bits per heavy atom. The first-order valence-corrected chi connectivity index (χ1v) is 2.72. The van der Waals surface area contributed by atoms with Gasteiger partial charge in [0.1, 0.15) is 0 Å². The molecule has 0 radical (unpaired) electrons. The van der Waals surface area contributed by atoms with Crippen LogP contribution in [0.4, 0.5) is 0 Å². The zero-order valence-corrected chi connectivity index (χ0v) is 10.3. The quantitative estimate of drug-likeness (QED) is 0.452. The van der Waals surface area contributed by atoms with Crippen molar-refractivity contribution in [1.82, 2.24) is 0 Å². The molecule has 0 N–H and O–H groups in total. The summed E-state index contributed by atoms with van der Waals surface area (Å²) < 4.78 is 0. The first-order chi connectivity index (χ1) is 5.20. The van der Waals surface area contributed by atoms with Crippen LogP contribution in [0, 0.1) is 40.4 Å². The van der Waals surface area contributed by atoms with E-state index < -0.39 is 17.9 Å². The first kappa shape index (κ1) is 23.0. The summed E-state index contributed by atoms with van der Waals surface area (Å²) in [6.07, 6.45) is 0. The molecule has 0 spiro atoms. The summed E-state index contributed by atoms with van der Waals surface area (Å²) in [4.78, 5) is 26.7. The maximum Gasteiger partial charge on any atom is 3.00 e. The molecule has 0 amide bonds. The summed E-state index contributed by atoms with van der Waals surface area (Å²) in [7, 11) is 0. The normalized spacial score (nSPS) is 5.77. The second-order valence-corrected chi connectivity index (χ2v) is 1.47. The van der Waals surface area contributed by atoms with Crippen molar-refractivity contribution in [1.29, 1.82) is 0 Å². The number of hydrogen-bond donors (Lipinski definition) is 0. The van der Waals surface area contributed by atoms with Gasteiger partial charge in [-0.15, -0.1) is 0 Å². The predicted octanol–water partition coefficient (Wildman–Crippen LogP) is -3.73. The minimum atomic E-state index is -1.08. The van der Waals surface area contributed by atoms with Crippen molar-refractivity contribution in [2.75, 3.05) is 0 Å². The van der Waals surface area contributed by atoms with Crippen LogP contribution in [0.15, 0.2) is 0 Å². The molecule has 0 rings (SSSR count). The number of carbonyl (C=O) groups is 3. The zero-order chi connectivity index (χ0) is 10.7. The van der Waals surface area contributed by atoms with Crippen LogP contribution in [0.1, 0.15) is 20.8 Å². The molecule has 0 aliphatic heterocycles. The molecule has 0 heterocycles. The molecule has 0 aromatic heterocycles. The van der Waals surface area contributed by atoms with E-state index in [-0.39, 0.29) is 40.4 Å². The fraction of sp³-hybridized carbons (Fsp3) is 0.500. The van der Waals surface area contributed by atoms with Gasteiger partial charge in [0, 0.05) is 17.9 Å². The molecular formula is C6H9O6Pm. The zero-order valence-electron chi connectivity index (χ0n) is 7.40. The topological polar surface area (TPSA) is 120 Å². The number of carboxylic acid groups (broad SMARTS) is 3. The number of aliphatic carboxylic acids is 3. The standard InChI is InChI=1S/3C2H4O2.Pm/c3*1-2(3)4;/h3*1H3,(H,3,4);/q;;;+3/p-3. The van der Waals surface area contributed by atoms with Crippen molar-refractivity contribution in [2.24, 2.45) is 0 Å². The summed E-state index contributed by atoms with van der Waals surface area (Å²) >= 11 is 0. The predicted molar refractivity (Wildman–Crippen MR) is 32.0 cm³/mol. The van der Waals surface area contributed by atoms with E-state index >= 15 is 0 Å². The fourth-order valence-corrected chi connectivity index (χ4v) is 0. The Hall–Kier alpha value is -0.252. The molecular weight excluding hydrogens is 313 g/mol. The smallest absolute Gasteiger partial charge is 0.550 e. The van der Waals surface area contributed by atoms with E-state index in [4.69, 9.17) is 29.7 Å². The Morgan fingerprint density at radius 2 is 0.692 bits per heavy atom. The Balaban J connectivity index is -0.0000000450. The van der Waals surface area contributed by atoms with Crippen LogP contribution in [0.3, 0.4) is 0 Å². The Kier molecular flexibility index (Phi) is 31.4.